The van der Waals surface area contributed by atoms with Gasteiger partial charge in [0, 0.05) is 0 Å². The Hall–Kier alpha value is -0.200. The molecule has 0 saturated heterocycles. The third-order valence-corrected chi connectivity index (χ3v) is 3.17. The summed E-state index contributed by atoms with van der Waals surface area (Å²) in [5.41, 5.74) is -0.335. The molecule has 2 nitrogen and oxygen atoms in total. The fourth-order valence-electron chi connectivity index (χ4n) is 1.08. The maximum Gasteiger partial charge on any atom is 0.104 e. The van der Waals surface area contributed by atoms with E-state index in [9.17, 15) is 0 Å². The van der Waals surface area contributed by atoms with E-state index in [1.807, 2.05) is 18.7 Å². The van der Waals surface area contributed by atoms with Crippen molar-refractivity contribution in [3.63, 3.8) is 0 Å². The average molecular weight is 214 g/mol. The molecule has 0 bridgehead atoms. The van der Waals surface area contributed by atoms with Gasteiger partial charge in [-0.15, -0.1) is 0 Å². The molecule has 0 aromatic carbocycles. The molecular weight excluding hydrogens is 192 g/mol. The second-order valence-electron chi connectivity index (χ2n) is 4.04. The number of nitriles is 1. The second-order valence-corrected chi connectivity index (χ2v) is 5.72. The van der Waals surface area contributed by atoms with Gasteiger partial charge in [0.15, 0.2) is 0 Å². The maximum atomic E-state index is 9.06. The first kappa shape index (κ1) is 13.8. The summed E-state index contributed by atoms with van der Waals surface area (Å²) in [5.74, 6) is 1.05. The zero-order valence-electron chi connectivity index (χ0n) is 9.76. The number of rotatable bonds is 7. The quantitative estimate of drug-likeness (QED) is 0.708. The molecule has 1 atom stereocenters. The largest absolute Gasteiger partial charge is 0.300 e. The third kappa shape index (κ3) is 6.28. The van der Waals surface area contributed by atoms with Gasteiger partial charge in [-0.05, 0) is 37.3 Å². The van der Waals surface area contributed by atoms with Crippen LogP contribution in [-0.2, 0) is 0 Å². The van der Waals surface area contributed by atoms with Crippen molar-refractivity contribution < 1.29 is 0 Å². The minimum absolute atomic E-state index is 0.335. The normalized spacial score (nSPS) is 15.1. The standard InChI is InChI=1S/C11H22N2S/c1-5-7-13-11(4,9-12)6-8-14-10(2)3/h10,13H,5-8H2,1-4H3. The van der Waals surface area contributed by atoms with Gasteiger partial charge in [-0.1, -0.05) is 20.8 Å². The van der Waals surface area contributed by atoms with Gasteiger partial charge in [0.25, 0.3) is 0 Å². The van der Waals surface area contributed by atoms with Gasteiger partial charge >= 0.3 is 0 Å². The summed E-state index contributed by atoms with van der Waals surface area (Å²) < 4.78 is 0. The van der Waals surface area contributed by atoms with Crippen molar-refractivity contribution >= 4 is 11.8 Å². The zero-order chi connectivity index (χ0) is 11.0. The molecule has 3 heteroatoms. The van der Waals surface area contributed by atoms with Crippen molar-refractivity contribution in [3.05, 3.63) is 0 Å². The van der Waals surface area contributed by atoms with E-state index in [0.717, 1.165) is 25.1 Å². The number of nitrogens with zero attached hydrogens (tertiary/aromatic N) is 1. The second kappa shape index (κ2) is 7.14. The van der Waals surface area contributed by atoms with Gasteiger partial charge in [-0.3, -0.25) is 5.32 Å². The fraction of sp³-hybridized carbons (Fsp3) is 0.909. The topological polar surface area (TPSA) is 35.8 Å². The Bertz CT molecular complexity index is 186. The fourth-order valence-corrected chi connectivity index (χ4v) is 2.08. The molecule has 1 N–H and O–H groups in total. The number of hydrogen-bond donors (Lipinski definition) is 1. The molecule has 0 spiro atoms. The molecular formula is C11H22N2S. The predicted octanol–water partition coefficient (Wildman–Crippen LogP) is 2.80. The smallest absolute Gasteiger partial charge is 0.104 e. The van der Waals surface area contributed by atoms with E-state index < -0.39 is 0 Å². The Labute approximate surface area is 92.5 Å². The van der Waals surface area contributed by atoms with Gasteiger partial charge in [0.05, 0.1) is 6.07 Å². The summed E-state index contributed by atoms with van der Waals surface area (Å²) >= 11 is 1.92. The van der Waals surface area contributed by atoms with E-state index in [1.165, 1.54) is 0 Å². The van der Waals surface area contributed by atoms with Crippen LogP contribution in [0.2, 0.25) is 0 Å². The number of nitrogens with one attached hydrogen (secondary N) is 1. The van der Waals surface area contributed by atoms with E-state index >= 15 is 0 Å². The first-order valence-electron chi connectivity index (χ1n) is 5.32. The highest BCUT2D eigenvalue weighted by Crippen LogP contribution is 2.16. The van der Waals surface area contributed by atoms with E-state index in [2.05, 4.69) is 32.2 Å². The minimum atomic E-state index is -0.335. The summed E-state index contributed by atoms with van der Waals surface area (Å²) in [7, 11) is 0. The van der Waals surface area contributed by atoms with Gasteiger partial charge < -0.3 is 0 Å². The van der Waals surface area contributed by atoms with E-state index in [-0.39, 0.29) is 5.54 Å². The molecule has 0 rings (SSSR count). The molecule has 14 heavy (non-hydrogen) atoms. The SMILES string of the molecule is CCCNC(C)(C#N)CCSC(C)C. The van der Waals surface area contributed by atoms with Crippen LogP contribution in [0.1, 0.15) is 40.5 Å². The Morgan fingerprint density at radius 3 is 2.57 bits per heavy atom. The average Bonchev–Trinajstić information content (AvgIpc) is 2.14. The number of hydrogen-bond acceptors (Lipinski definition) is 3. The summed E-state index contributed by atoms with van der Waals surface area (Å²) in [6, 6.07) is 2.36. The molecule has 0 aliphatic heterocycles. The van der Waals surface area contributed by atoms with Crippen LogP contribution in [0.4, 0.5) is 0 Å². The van der Waals surface area contributed by atoms with E-state index in [4.69, 9.17) is 5.26 Å². The van der Waals surface area contributed by atoms with Crippen LogP contribution in [0.5, 0.6) is 0 Å². The molecule has 1 unspecified atom stereocenters. The van der Waals surface area contributed by atoms with Crippen molar-refractivity contribution in [3.8, 4) is 6.07 Å². The summed E-state index contributed by atoms with van der Waals surface area (Å²) in [6.45, 7) is 9.41. The first-order chi connectivity index (χ1) is 6.54. The lowest BCUT2D eigenvalue weighted by atomic mass is 10.0. The lowest BCUT2D eigenvalue weighted by Crippen LogP contribution is -2.41. The molecule has 0 radical (unpaired) electrons. The van der Waals surface area contributed by atoms with Crippen LogP contribution in [0.25, 0.3) is 0 Å². The molecule has 0 aliphatic rings. The van der Waals surface area contributed by atoms with Crippen molar-refractivity contribution in [2.75, 3.05) is 12.3 Å². The molecule has 0 aromatic rings. The van der Waals surface area contributed by atoms with Gasteiger partial charge in [0.2, 0.25) is 0 Å². The van der Waals surface area contributed by atoms with Crippen LogP contribution in [0.3, 0.4) is 0 Å². The minimum Gasteiger partial charge on any atom is -0.300 e. The summed E-state index contributed by atoms with van der Waals surface area (Å²) in [5, 5.41) is 13.0. The molecule has 0 saturated carbocycles. The predicted molar refractivity (Wildman–Crippen MR) is 64.5 cm³/mol. The van der Waals surface area contributed by atoms with Crippen molar-refractivity contribution in [1.82, 2.24) is 5.32 Å². The molecule has 0 aromatic heterocycles. The Morgan fingerprint density at radius 1 is 1.50 bits per heavy atom. The Kier molecular flexibility index (Phi) is 7.04. The molecule has 0 aliphatic carbocycles. The van der Waals surface area contributed by atoms with Crippen LogP contribution >= 0.6 is 11.8 Å². The van der Waals surface area contributed by atoms with Crippen LogP contribution in [0.15, 0.2) is 0 Å². The monoisotopic (exact) mass is 214 g/mol. The van der Waals surface area contributed by atoms with Crippen molar-refractivity contribution in [2.24, 2.45) is 0 Å². The van der Waals surface area contributed by atoms with E-state index in [0.29, 0.717) is 5.25 Å². The summed E-state index contributed by atoms with van der Waals surface area (Å²) in [6.07, 6.45) is 2.00. The van der Waals surface area contributed by atoms with E-state index in [1.54, 1.807) is 0 Å². The molecule has 0 heterocycles. The highest BCUT2D eigenvalue weighted by Gasteiger charge is 2.21. The van der Waals surface area contributed by atoms with Crippen molar-refractivity contribution in [2.45, 2.75) is 51.3 Å². The highest BCUT2D eigenvalue weighted by atomic mass is 32.2. The maximum absolute atomic E-state index is 9.06. The van der Waals surface area contributed by atoms with Gasteiger partial charge in [-0.25, -0.2) is 0 Å². The first-order valence-corrected chi connectivity index (χ1v) is 6.37. The lowest BCUT2D eigenvalue weighted by Gasteiger charge is -2.23. The molecule has 82 valence electrons. The Morgan fingerprint density at radius 2 is 2.14 bits per heavy atom. The Balaban J connectivity index is 3.82. The number of thioether (sulfide) groups is 1. The summed E-state index contributed by atoms with van der Waals surface area (Å²) in [4.78, 5) is 0. The van der Waals surface area contributed by atoms with Crippen LogP contribution in [-0.4, -0.2) is 23.1 Å². The highest BCUT2D eigenvalue weighted by molar-refractivity contribution is 7.99. The molecule has 0 fully saturated rings. The third-order valence-electron chi connectivity index (χ3n) is 2.07. The zero-order valence-corrected chi connectivity index (χ0v) is 10.6. The van der Waals surface area contributed by atoms with Crippen LogP contribution < -0.4 is 5.32 Å². The lowest BCUT2D eigenvalue weighted by molar-refractivity contribution is 0.437. The van der Waals surface area contributed by atoms with Gasteiger partial charge in [-0.2, -0.15) is 17.0 Å². The van der Waals surface area contributed by atoms with Gasteiger partial charge in [0.1, 0.15) is 5.54 Å². The van der Waals surface area contributed by atoms with Crippen molar-refractivity contribution in [1.29, 1.82) is 5.26 Å². The van der Waals surface area contributed by atoms with Crippen LogP contribution in [0, 0.1) is 11.3 Å². The molecule has 0 amide bonds.